The van der Waals surface area contributed by atoms with E-state index in [0.717, 1.165) is 18.9 Å². The largest absolute Gasteiger partial charge is 0.435 e. The first-order valence-corrected chi connectivity index (χ1v) is 7.12. The van der Waals surface area contributed by atoms with Crippen LogP contribution in [-0.4, -0.2) is 33.7 Å². The molecule has 118 valence electrons. The van der Waals surface area contributed by atoms with Crippen molar-refractivity contribution in [3.63, 3.8) is 0 Å². The molecule has 1 amide bonds. The van der Waals surface area contributed by atoms with Crippen LogP contribution in [0.5, 0.6) is 0 Å². The van der Waals surface area contributed by atoms with Crippen LogP contribution in [0.4, 0.5) is 13.2 Å². The fourth-order valence-electron chi connectivity index (χ4n) is 2.62. The first-order chi connectivity index (χ1) is 9.70. The van der Waals surface area contributed by atoms with E-state index in [2.05, 4.69) is 12.0 Å². The van der Waals surface area contributed by atoms with E-state index in [9.17, 15) is 18.0 Å². The van der Waals surface area contributed by atoms with Gasteiger partial charge in [0, 0.05) is 18.8 Å². The van der Waals surface area contributed by atoms with Gasteiger partial charge in [0.15, 0.2) is 5.69 Å². The van der Waals surface area contributed by atoms with Crippen molar-refractivity contribution in [1.82, 2.24) is 14.7 Å². The summed E-state index contributed by atoms with van der Waals surface area (Å²) in [7, 11) is 0. The Balaban J connectivity index is 2.14. The Hall–Kier alpha value is -1.53. The molecule has 1 atom stereocenters. The lowest BCUT2D eigenvalue weighted by Gasteiger charge is -2.32. The molecule has 7 heteroatoms. The van der Waals surface area contributed by atoms with Gasteiger partial charge in [0.05, 0.1) is 0 Å². The highest BCUT2D eigenvalue weighted by molar-refractivity contribution is 5.80. The fraction of sp³-hybridized carbons (Fsp3) is 0.714. The molecule has 0 aromatic carbocycles. The van der Waals surface area contributed by atoms with E-state index in [0.29, 0.717) is 24.7 Å². The van der Waals surface area contributed by atoms with Crippen LogP contribution in [0.2, 0.25) is 0 Å². The maximum atomic E-state index is 12.7. The number of nitrogens with zero attached hydrogens (tertiary/aromatic N) is 3. The van der Waals surface area contributed by atoms with Crippen LogP contribution in [0.3, 0.4) is 0 Å². The highest BCUT2D eigenvalue weighted by Gasteiger charge is 2.36. The molecule has 0 spiro atoms. The van der Waals surface area contributed by atoms with E-state index < -0.39 is 17.9 Å². The van der Waals surface area contributed by atoms with Crippen LogP contribution in [0.1, 0.15) is 44.1 Å². The van der Waals surface area contributed by atoms with Crippen molar-refractivity contribution in [2.24, 2.45) is 5.92 Å². The topological polar surface area (TPSA) is 38.1 Å². The summed E-state index contributed by atoms with van der Waals surface area (Å²) >= 11 is 0. The highest BCUT2D eigenvalue weighted by atomic mass is 19.4. The molecule has 1 aliphatic rings. The van der Waals surface area contributed by atoms with Gasteiger partial charge in [-0.2, -0.15) is 18.3 Å². The minimum absolute atomic E-state index is 0.165. The average Bonchev–Trinajstić information content (AvgIpc) is 2.80. The summed E-state index contributed by atoms with van der Waals surface area (Å²) in [4.78, 5) is 14.1. The summed E-state index contributed by atoms with van der Waals surface area (Å²) in [6.07, 6.45) is -2.62. The molecule has 1 unspecified atom stereocenters. The maximum absolute atomic E-state index is 12.7. The number of piperidine rings is 1. The summed E-state index contributed by atoms with van der Waals surface area (Å²) in [5, 5.41) is 3.56. The van der Waals surface area contributed by atoms with E-state index in [1.165, 1.54) is 11.6 Å². The number of aryl methyl sites for hydroxylation is 1. The number of amides is 1. The van der Waals surface area contributed by atoms with E-state index in [1.54, 1.807) is 11.8 Å². The highest BCUT2D eigenvalue weighted by Crippen LogP contribution is 2.29. The molecule has 4 nitrogen and oxygen atoms in total. The Kier molecular flexibility index (Phi) is 4.30. The Labute approximate surface area is 121 Å². The zero-order valence-electron chi connectivity index (χ0n) is 12.4. The molecule has 0 radical (unpaired) electrons. The molecule has 0 bridgehead atoms. The first kappa shape index (κ1) is 15.9. The van der Waals surface area contributed by atoms with Crippen LogP contribution in [0.25, 0.3) is 0 Å². The third-order valence-corrected chi connectivity index (χ3v) is 4.03. The van der Waals surface area contributed by atoms with Gasteiger partial charge in [-0.15, -0.1) is 0 Å². The number of aromatic nitrogens is 2. The predicted molar refractivity (Wildman–Crippen MR) is 71.7 cm³/mol. The molecule has 1 saturated heterocycles. The zero-order chi connectivity index (χ0) is 15.8. The maximum Gasteiger partial charge on any atom is 0.435 e. The van der Waals surface area contributed by atoms with Gasteiger partial charge in [-0.3, -0.25) is 9.48 Å². The smallest absolute Gasteiger partial charge is 0.341 e. The van der Waals surface area contributed by atoms with Crippen LogP contribution in [0.15, 0.2) is 6.07 Å². The summed E-state index contributed by atoms with van der Waals surface area (Å²) in [6, 6.07) is 0.261. The number of likely N-dealkylation sites (tertiary alicyclic amines) is 1. The second-order valence-electron chi connectivity index (χ2n) is 5.80. The second-order valence-corrected chi connectivity index (χ2v) is 5.80. The van der Waals surface area contributed by atoms with Gasteiger partial charge in [0.25, 0.3) is 0 Å². The lowest BCUT2D eigenvalue weighted by atomic mass is 9.99. The molecule has 1 aromatic heterocycles. The van der Waals surface area contributed by atoms with Crippen LogP contribution in [-0.2, 0) is 11.0 Å². The van der Waals surface area contributed by atoms with Gasteiger partial charge < -0.3 is 4.90 Å². The van der Waals surface area contributed by atoms with Crippen LogP contribution < -0.4 is 0 Å². The molecule has 0 saturated carbocycles. The van der Waals surface area contributed by atoms with Crippen molar-refractivity contribution >= 4 is 5.91 Å². The van der Waals surface area contributed by atoms with Gasteiger partial charge in [-0.1, -0.05) is 6.92 Å². The second kappa shape index (κ2) is 5.69. The van der Waals surface area contributed by atoms with Crippen molar-refractivity contribution in [3.05, 3.63) is 17.5 Å². The fourth-order valence-corrected chi connectivity index (χ4v) is 2.62. The summed E-state index contributed by atoms with van der Waals surface area (Å²) in [5.41, 5.74) is -0.611. The van der Waals surface area contributed by atoms with E-state index >= 15 is 0 Å². The summed E-state index contributed by atoms with van der Waals surface area (Å²) in [6.45, 7) is 6.59. The molecule has 21 heavy (non-hydrogen) atoms. The molecule has 1 aliphatic heterocycles. The SMILES string of the molecule is Cc1cc(C(F)(F)F)nn1C(C)C(=O)N1CCC(C)CC1. The lowest BCUT2D eigenvalue weighted by Crippen LogP contribution is -2.41. The zero-order valence-corrected chi connectivity index (χ0v) is 12.4. The number of alkyl halides is 3. The molecule has 0 aliphatic carbocycles. The number of carbonyl (C=O) groups is 1. The van der Waals surface area contributed by atoms with Crippen molar-refractivity contribution in [2.75, 3.05) is 13.1 Å². The molecule has 0 N–H and O–H groups in total. The Morgan fingerprint density at radius 1 is 1.38 bits per heavy atom. The average molecular weight is 303 g/mol. The Bertz CT molecular complexity index is 516. The Morgan fingerprint density at radius 3 is 2.43 bits per heavy atom. The van der Waals surface area contributed by atoms with Gasteiger partial charge in [0.2, 0.25) is 5.91 Å². The Morgan fingerprint density at radius 2 is 1.95 bits per heavy atom. The molecular weight excluding hydrogens is 283 g/mol. The van der Waals surface area contributed by atoms with Crippen molar-refractivity contribution in [2.45, 2.75) is 45.8 Å². The van der Waals surface area contributed by atoms with Crippen molar-refractivity contribution in [3.8, 4) is 0 Å². The van der Waals surface area contributed by atoms with Gasteiger partial charge in [-0.25, -0.2) is 0 Å². The minimum Gasteiger partial charge on any atom is -0.341 e. The molecule has 1 aromatic rings. The molecule has 2 rings (SSSR count). The standard InChI is InChI=1S/C14H20F3N3O/c1-9-4-6-19(7-5-9)13(21)11(3)20-10(2)8-12(18-20)14(15,16)17/h8-9,11H,4-7H2,1-3H3. The van der Waals surface area contributed by atoms with Gasteiger partial charge in [-0.05, 0) is 38.7 Å². The van der Waals surface area contributed by atoms with Crippen molar-refractivity contribution in [1.29, 1.82) is 0 Å². The number of hydrogen-bond acceptors (Lipinski definition) is 2. The van der Waals surface area contributed by atoms with Gasteiger partial charge in [0.1, 0.15) is 6.04 Å². The predicted octanol–water partition coefficient (Wildman–Crippen LogP) is 3.03. The van der Waals surface area contributed by atoms with Crippen molar-refractivity contribution < 1.29 is 18.0 Å². The number of hydrogen-bond donors (Lipinski definition) is 0. The normalized spacial score (nSPS) is 18.9. The van der Waals surface area contributed by atoms with Gasteiger partial charge >= 0.3 is 6.18 Å². The third kappa shape index (κ3) is 3.39. The quantitative estimate of drug-likeness (QED) is 0.842. The summed E-state index contributed by atoms with van der Waals surface area (Å²) < 4.78 is 39.2. The third-order valence-electron chi connectivity index (χ3n) is 4.03. The monoisotopic (exact) mass is 303 g/mol. The molecular formula is C14H20F3N3O. The number of halogens is 3. The molecule has 1 fully saturated rings. The lowest BCUT2D eigenvalue weighted by molar-refractivity contribution is -0.142. The molecule has 2 heterocycles. The van der Waals surface area contributed by atoms with E-state index in [-0.39, 0.29) is 5.91 Å². The van der Waals surface area contributed by atoms with E-state index in [1.807, 2.05) is 0 Å². The minimum atomic E-state index is -4.49. The first-order valence-electron chi connectivity index (χ1n) is 7.12. The number of carbonyl (C=O) groups excluding carboxylic acids is 1. The van der Waals surface area contributed by atoms with Crippen LogP contribution in [0, 0.1) is 12.8 Å². The van der Waals surface area contributed by atoms with E-state index in [4.69, 9.17) is 0 Å². The van der Waals surface area contributed by atoms with Crippen LogP contribution >= 0.6 is 0 Å². The number of rotatable bonds is 2. The summed E-state index contributed by atoms with van der Waals surface area (Å²) in [5.74, 6) is 0.425.